The standard InChI is InChI=1S/C60H52N2Si2/c1-45-24-21-25-46(2)59(45)60-61-57(47-26-22-40-55(42-47)63(49-28-9-3-10-29-49,50-30-11-4-12-31-50)51-32-13-5-14-33-51)44-58(62-60)48-27-23-41-56(43-48)64(52-34-15-6-16-35-52,53-36-17-7-18-37-53)54-38-19-8-20-39-54/h3-22,24-32,34-40,42-44,51H,23,33,41H2,1-2H3. The van der Waals surface area contributed by atoms with Crippen molar-refractivity contribution in [3.63, 3.8) is 0 Å². The van der Waals surface area contributed by atoms with Crippen molar-refractivity contribution in [1.82, 2.24) is 9.97 Å². The van der Waals surface area contributed by atoms with Crippen molar-refractivity contribution < 1.29 is 0 Å². The van der Waals surface area contributed by atoms with Crippen LogP contribution in [0.1, 0.15) is 36.1 Å². The van der Waals surface area contributed by atoms with Crippen molar-refractivity contribution in [3.05, 3.63) is 259 Å². The molecule has 2 nitrogen and oxygen atoms in total. The molecule has 0 N–H and O–H groups in total. The second kappa shape index (κ2) is 18.0. The summed E-state index contributed by atoms with van der Waals surface area (Å²) in [5, 5.41) is 9.87. The molecule has 0 aliphatic heterocycles. The smallest absolute Gasteiger partial charge is 0.175 e. The number of nitrogens with zero attached hydrogens (tertiary/aromatic N) is 2. The summed E-state index contributed by atoms with van der Waals surface area (Å²) < 4.78 is 0. The van der Waals surface area contributed by atoms with E-state index in [2.05, 4.69) is 250 Å². The van der Waals surface area contributed by atoms with Crippen LogP contribution in [0, 0.1) is 13.8 Å². The Morgan fingerprint density at radius 3 is 1.52 bits per heavy atom. The van der Waals surface area contributed by atoms with E-state index in [1.54, 1.807) is 0 Å². The first-order chi connectivity index (χ1) is 31.6. The van der Waals surface area contributed by atoms with Crippen LogP contribution in [-0.4, -0.2) is 26.1 Å². The van der Waals surface area contributed by atoms with Gasteiger partial charge in [-0.3, -0.25) is 0 Å². The summed E-state index contributed by atoms with van der Waals surface area (Å²) in [4.78, 5) is 11.1. The van der Waals surface area contributed by atoms with Crippen molar-refractivity contribution >= 4 is 52.8 Å². The van der Waals surface area contributed by atoms with Crippen molar-refractivity contribution in [3.8, 4) is 22.6 Å². The van der Waals surface area contributed by atoms with Gasteiger partial charge in [-0.1, -0.05) is 236 Å². The zero-order chi connectivity index (χ0) is 43.4. The fraction of sp³-hybridized carbons (Fsp3) is 0.100. The molecule has 0 radical (unpaired) electrons. The highest BCUT2D eigenvalue weighted by molar-refractivity contribution is 7.16. The SMILES string of the molecule is Cc1cccc(C)c1-c1nc(C2=CCCC([Si](c3ccccc3)(c3ccccc3)c3ccccc3)=C2)cc(-c2cccc([Si](c3ccccc3)(c3ccccc3)C3C=CC=CC3)c2)n1. The fourth-order valence-electron chi connectivity index (χ4n) is 10.7. The van der Waals surface area contributed by atoms with Crippen LogP contribution in [-0.2, 0) is 0 Å². The highest BCUT2D eigenvalue weighted by Crippen LogP contribution is 2.36. The number of aromatic nitrogens is 2. The number of hydrogen-bond donors (Lipinski definition) is 0. The molecule has 2 aliphatic carbocycles. The molecule has 0 fully saturated rings. The molecule has 0 spiro atoms. The Morgan fingerprint density at radius 2 is 0.984 bits per heavy atom. The summed E-state index contributed by atoms with van der Waals surface area (Å²) in [6, 6.07) is 74.5. The molecule has 4 heteroatoms. The number of allylic oxidation sites excluding steroid dienone is 8. The molecule has 0 bridgehead atoms. The summed E-state index contributed by atoms with van der Waals surface area (Å²) in [5.74, 6) is 0.766. The molecule has 7 aromatic carbocycles. The minimum Gasteiger partial charge on any atom is -0.228 e. The summed E-state index contributed by atoms with van der Waals surface area (Å²) in [6.07, 6.45) is 17.1. The predicted octanol–water partition coefficient (Wildman–Crippen LogP) is 10.6. The highest BCUT2D eigenvalue weighted by atomic mass is 28.3. The zero-order valence-electron chi connectivity index (χ0n) is 36.6. The van der Waals surface area contributed by atoms with Gasteiger partial charge in [-0.05, 0) is 92.5 Å². The lowest BCUT2D eigenvalue weighted by Gasteiger charge is -2.40. The lowest BCUT2D eigenvalue weighted by atomic mass is 9.99. The van der Waals surface area contributed by atoms with Crippen LogP contribution >= 0.6 is 0 Å². The molecular weight excluding hydrogens is 805 g/mol. The molecule has 0 amide bonds. The Hall–Kier alpha value is -6.99. The van der Waals surface area contributed by atoms with E-state index in [9.17, 15) is 0 Å². The molecule has 1 aromatic heterocycles. The maximum atomic E-state index is 5.53. The summed E-state index contributed by atoms with van der Waals surface area (Å²) in [7, 11) is -5.36. The largest absolute Gasteiger partial charge is 0.228 e. The third kappa shape index (κ3) is 7.43. The minimum absolute atomic E-state index is 0.336. The van der Waals surface area contributed by atoms with E-state index in [4.69, 9.17) is 9.97 Å². The molecule has 2 aliphatic rings. The maximum absolute atomic E-state index is 5.53. The van der Waals surface area contributed by atoms with Crippen LogP contribution in [0.15, 0.2) is 242 Å². The van der Waals surface area contributed by atoms with E-state index >= 15 is 0 Å². The summed E-state index contributed by atoms with van der Waals surface area (Å²) >= 11 is 0. The quantitative estimate of drug-likeness (QED) is 0.0957. The fourth-order valence-corrected chi connectivity index (χ4v) is 21.1. The number of rotatable bonds is 11. The van der Waals surface area contributed by atoms with Crippen LogP contribution in [0.3, 0.4) is 0 Å². The normalized spacial score (nSPS) is 15.1. The monoisotopic (exact) mass is 856 g/mol. The molecular formula is C60H52N2Si2. The van der Waals surface area contributed by atoms with Gasteiger partial charge in [0.05, 0.1) is 11.4 Å². The number of benzene rings is 7. The van der Waals surface area contributed by atoms with Crippen LogP contribution in [0.5, 0.6) is 0 Å². The van der Waals surface area contributed by atoms with E-state index in [1.165, 1.54) is 47.4 Å². The topological polar surface area (TPSA) is 25.8 Å². The Bertz CT molecular complexity index is 2870. The van der Waals surface area contributed by atoms with E-state index in [0.717, 1.165) is 53.2 Å². The van der Waals surface area contributed by atoms with Crippen molar-refractivity contribution in [2.24, 2.45) is 0 Å². The van der Waals surface area contributed by atoms with Gasteiger partial charge in [0.25, 0.3) is 0 Å². The number of aryl methyl sites for hydroxylation is 2. The van der Waals surface area contributed by atoms with Gasteiger partial charge in [0.15, 0.2) is 22.0 Å². The molecule has 0 saturated heterocycles. The first-order valence-corrected chi connectivity index (χ1v) is 26.7. The van der Waals surface area contributed by atoms with E-state index in [1.807, 2.05) is 0 Å². The molecule has 8 aromatic rings. The van der Waals surface area contributed by atoms with Gasteiger partial charge >= 0.3 is 0 Å². The highest BCUT2D eigenvalue weighted by Gasteiger charge is 2.46. The molecule has 1 unspecified atom stereocenters. The molecule has 10 rings (SSSR count). The van der Waals surface area contributed by atoms with Gasteiger partial charge in [-0.25, -0.2) is 9.97 Å². The van der Waals surface area contributed by atoms with Crippen LogP contribution in [0.2, 0.25) is 5.54 Å². The lowest BCUT2D eigenvalue weighted by molar-refractivity contribution is 0.997. The van der Waals surface area contributed by atoms with E-state index in [-0.39, 0.29) is 0 Å². The van der Waals surface area contributed by atoms with Gasteiger partial charge in [-0.15, -0.1) is 0 Å². The maximum Gasteiger partial charge on any atom is 0.175 e. The van der Waals surface area contributed by atoms with Gasteiger partial charge in [0.2, 0.25) is 0 Å². The van der Waals surface area contributed by atoms with E-state index < -0.39 is 16.1 Å². The Morgan fingerprint density at radius 1 is 0.484 bits per heavy atom. The van der Waals surface area contributed by atoms with Gasteiger partial charge < -0.3 is 0 Å². The van der Waals surface area contributed by atoms with Gasteiger partial charge in [0.1, 0.15) is 0 Å². The average molecular weight is 857 g/mol. The Labute approximate surface area is 380 Å². The molecule has 310 valence electrons. The van der Waals surface area contributed by atoms with Gasteiger partial charge in [0, 0.05) is 11.1 Å². The second-order valence-electron chi connectivity index (χ2n) is 17.2. The summed E-state index contributed by atoms with van der Waals surface area (Å²) in [5.41, 5.74) is 7.93. The van der Waals surface area contributed by atoms with Crippen LogP contribution in [0.25, 0.3) is 28.2 Å². The lowest BCUT2D eigenvalue weighted by Crippen LogP contribution is -2.69. The minimum atomic E-state index is -2.71. The zero-order valence-corrected chi connectivity index (χ0v) is 38.6. The third-order valence-corrected chi connectivity index (χ3v) is 23.8. The summed E-state index contributed by atoms with van der Waals surface area (Å²) in [6.45, 7) is 4.36. The average Bonchev–Trinajstić information content (AvgIpc) is 3.37. The Balaban J connectivity index is 1.19. The van der Waals surface area contributed by atoms with Crippen molar-refractivity contribution in [2.45, 2.75) is 38.7 Å². The third-order valence-electron chi connectivity index (χ3n) is 13.5. The molecule has 64 heavy (non-hydrogen) atoms. The predicted molar refractivity (Wildman–Crippen MR) is 276 cm³/mol. The number of hydrogen-bond acceptors (Lipinski definition) is 2. The van der Waals surface area contributed by atoms with Crippen LogP contribution in [0.4, 0.5) is 0 Å². The van der Waals surface area contributed by atoms with Crippen molar-refractivity contribution in [1.29, 1.82) is 0 Å². The first kappa shape index (κ1) is 41.0. The Kier molecular flexibility index (Phi) is 11.6. The molecule has 1 heterocycles. The van der Waals surface area contributed by atoms with Crippen molar-refractivity contribution in [2.75, 3.05) is 0 Å². The van der Waals surface area contributed by atoms with Crippen LogP contribution < -0.4 is 31.1 Å². The first-order valence-electron chi connectivity index (χ1n) is 22.7. The van der Waals surface area contributed by atoms with E-state index in [0.29, 0.717) is 5.54 Å². The second-order valence-corrected chi connectivity index (χ2v) is 25.2. The molecule has 0 saturated carbocycles. The van der Waals surface area contributed by atoms with Gasteiger partial charge in [-0.2, -0.15) is 0 Å². The molecule has 1 atom stereocenters.